The van der Waals surface area contributed by atoms with Crippen LogP contribution in [-0.2, 0) is 4.74 Å². The first-order valence-electron chi connectivity index (χ1n) is 6.89. The van der Waals surface area contributed by atoms with Gasteiger partial charge in [-0.2, -0.15) is 0 Å². The molecule has 0 spiro atoms. The summed E-state index contributed by atoms with van der Waals surface area (Å²) in [6, 6.07) is 5.84. The number of carboxylic acids is 1. The van der Waals surface area contributed by atoms with Crippen molar-refractivity contribution in [3.63, 3.8) is 0 Å². The van der Waals surface area contributed by atoms with Crippen molar-refractivity contribution >= 4 is 11.7 Å². The number of aryl methyl sites for hydroxylation is 1. The van der Waals surface area contributed by atoms with Crippen molar-refractivity contribution in [2.24, 2.45) is 0 Å². The van der Waals surface area contributed by atoms with Gasteiger partial charge in [0.25, 0.3) is 0 Å². The Bertz CT molecular complexity index is 500. The average Bonchev–Trinajstić information content (AvgIpc) is 2.86. The van der Waals surface area contributed by atoms with E-state index in [-0.39, 0.29) is 6.10 Å². The number of nitrogens with zero attached hydrogens (tertiary/aromatic N) is 1. The monoisotopic (exact) mass is 261 g/mol. The Hall–Kier alpha value is -1.55. The zero-order chi connectivity index (χ0) is 13.4. The number of rotatable bonds is 2. The summed E-state index contributed by atoms with van der Waals surface area (Å²) in [5, 5.41) is 9.40. The molecule has 0 radical (unpaired) electrons. The van der Waals surface area contributed by atoms with Crippen LogP contribution in [-0.4, -0.2) is 36.4 Å². The maximum atomic E-state index is 11.5. The van der Waals surface area contributed by atoms with Crippen LogP contribution >= 0.6 is 0 Å². The Balaban J connectivity index is 2.03. The summed E-state index contributed by atoms with van der Waals surface area (Å²) < 4.78 is 5.80. The molecule has 1 aromatic carbocycles. The third kappa shape index (κ3) is 2.10. The fourth-order valence-electron chi connectivity index (χ4n) is 3.42. The molecule has 102 valence electrons. The quantitative estimate of drug-likeness (QED) is 0.888. The Kier molecular flexibility index (Phi) is 3.19. The van der Waals surface area contributed by atoms with E-state index in [1.54, 1.807) is 6.07 Å². The van der Waals surface area contributed by atoms with Crippen molar-refractivity contribution in [2.45, 2.75) is 38.3 Å². The lowest BCUT2D eigenvalue weighted by Gasteiger charge is -2.40. The van der Waals surface area contributed by atoms with Gasteiger partial charge in [0.2, 0.25) is 0 Å². The Morgan fingerprint density at radius 3 is 3.05 bits per heavy atom. The number of benzene rings is 1. The van der Waals surface area contributed by atoms with E-state index in [9.17, 15) is 9.90 Å². The highest BCUT2D eigenvalue weighted by molar-refractivity contribution is 5.95. The number of para-hydroxylation sites is 1. The van der Waals surface area contributed by atoms with E-state index in [0.29, 0.717) is 18.2 Å². The van der Waals surface area contributed by atoms with Crippen LogP contribution in [0.3, 0.4) is 0 Å². The van der Waals surface area contributed by atoms with Crippen molar-refractivity contribution in [3.05, 3.63) is 29.3 Å². The molecule has 2 fully saturated rings. The van der Waals surface area contributed by atoms with Gasteiger partial charge in [-0.25, -0.2) is 4.79 Å². The first kappa shape index (κ1) is 12.5. The highest BCUT2D eigenvalue weighted by Crippen LogP contribution is 2.36. The number of aromatic carboxylic acids is 1. The third-order valence-electron chi connectivity index (χ3n) is 4.24. The van der Waals surface area contributed by atoms with Crippen LogP contribution < -0.4 is 4.90 Å². The number of carboxylic acid groups (broad SMARTS) is 1. The van der Waals surface area contributed by atoms with Crippen molar-refractivity contribution in [3.8, 4) is 0 Å². The molecule has 4 nitrogen and oxygen atoms in total. The molecule has 0 amide bonds. The molecule has 1 aliphatic heterocycles. The van der Waals surface area contributed by atoms with Crippen LogP contribution in [0, 0.1) is 6.92 Å². The number of hydrogen-bond acceptors (Lipinski definition) is 3. The van der Waals surface area contributed by atoms with E-state index < -0.39 is 5.97 Å². The predicted octanol–water partition coefficient (Wildman–Crippen LogP) is 2.45. The summed E-state index contributed by atoms with van der Waals surface area (Å²) in [6.07, 6.45) is 3.63. The maximum absolute atomic E-state index is 11.5. The van der Waals surface area contributed by atoms with Gasteiger partial charge < -0.3 is 14.7 Å². The van der Waals surface area contributed by atoms with Crippen molar-refractivity contribution in [1.82, 2.24) is 0 Å². The van der Waals surface area contributed by atoms with E-state index in [4.69, 9.17) is 4.74 Å². The molecule has 0 bridgehead atoms. The van der Waals surface area contributed by atoms with Crippen LogP contribution in [0.2, 0.25) is 0 Å². The van der Waals surface area contributed by atoms with E-state index in [1.165, 1.54) is 6.42 Å². The Morgan fingerprint density at radius 1 is 1.42 bits per heavy atom. The number of carbonyl (C=O) groups is 1. The van der Waals surface area contributed by atoms with Gasteiger partial charge in [-0.1, -0.05) is 12.1 Å². The molecule has 1 N–H and O–H groups in total. The minimum Gasteiger partial charge on any atom is -0.478 e. The Morgan fingerprint density at radius 2 is 2.26 bits per heavy atom. The molecular formula is C15H19NO3. The lowest BCUT2D eigenvalue weighted by Crippen LogP contribution is -2.49. The van der Waals surface area contributed by atoms with Gasteiger partial charge in [0.15, 0.2) is 0 Å². The smallest absolute Gasteiger partial charge is 0.337 e. The molecule has 4 heteroatoms. The number of morpholine rings is 1. The first-order chi connectivity index (χ1) is 9.18. The molecule has 2 unspecified atom stereocenters. The Labute approximate surface area is 113 Å². The van der Waals surface area contributed by atoms with E-state index >= 15 is 0 Å². The van der Waals surface area contributed by atoms with E-state index in [0.717, 1.165) is 30.6 Å². The second-order valence-electron chi connectivity index (χ2n) is 5.38. The highest BCUT2D eigenvalue weighted by atomic mass is 16.5. The van der Waals surface area contributed by atoms with Gasteiger partial charge >= 0.3 is 5.97 Å². The number of ether oxygens (including phenoxy) is 1. The van der Waals surface area contributed by atoms with Crippen LogP contribution in [0.5, 0.6) is 0 Å². The van der Waals surface area contributed by atoms with E-state index in [1.807, 2.05) is 19.1 Å². The van der Waals surface area contributed by atoms with Crippen LogP contribution in [0.4, 0.5) is 5.69 Å². The molecular weight excluding hydrogens is 242 g/mol. The minimum atomic E-state index is -0.847. The fraction of sp³-hybridized carbons (Fsp3) is 0.533. The summed E-state index contributed by atoms with van der Waals surface area (Å²) in [6.45, 7) is 3.46. The van der Waals surface area contributed by atoms with Gasteiger partial charge in [0.1, 0.15) is 0 Å². The summed E-state index contributed by atoms with van der Waals surface area (Å²) in [5.41, 5.74) is 2.33. The lowest BCUT2D eigenvalue weighted by atomic mass is 10.0. The largest absolute Gasteiger partial charge is 0.478 e. The standard InChI is InChI=1S/C15H19NO3/c1-10-4-2-5-11(15(17)18)14(10)16-8-9-19-13-7-3-6-12(13)16/h2,4-5,12-13H,3,6-9H2,1H3,(H,17,18). The molecule has 1 saturated heterocycles. The second kappa shape index (κ2) is 4.85. The molecule has 1 heterocycles. The first-order valence-corrected chi connectivity index (χ1v) is 6.89. The molecule has 0 aromatic heterocycles. The summed E-state index contributed by atoms with van der Waals surface area (Å²) >= 11 is 0. The average molecular weight is 261 g/mol. The van der Waals surface area contributed by atoms with E-state index in [2.05, 4.69) is 4.90 Å². The molecule has 19 heavy (non-hydrogen) atoms. The predicted molar refractivity (Wildman–Crippen MR) is 72.9 cm³/mol. The molecule has 1 saturated carbocycles. The fourth-order valence-corrected chi connectivity index (χ4v) is 3.42. The zero-order valence-electron chi connectivity index (χ0n) is 11.1. The summed E-state index contributed by atoms with van der Waals surface area (Å²) in [5.74, 6) is -0.847. The molecule has 2 aliphatic rings. The minimum absolute atomic E-state index is 0.273. The van der Waals surface area contributed by atoms with Crippen molar-refractivity contribution in [1.29, 1.82) is 0 Å². The number of anilines is 1. The SMILES string of the molecule is Cc1cccc(C(=O)O)c1N1CCOC2CCCC21. The van der Waals surface area contributed by atoms with Gasteiger partial charge in [0.05, 0.1) is 30.0 Å². The van der Waals surface area contributed by atoms with Gasteiger partial charge in [-0.3, -0.25) is 0 Å². The van der Waals surface area contributed by atoms with Crippen LogP contribution in [0.1, 0.15) is 35.2 Å². The lowest BCUT2D eigenvalue weighted by molar-refractivity contribution is 0.0254. The zero-order valence-corrected chi connectivity index (χ0v) is 11.1. The van der Waals surface area contributed by atoms with Crippen molar-refractivity contribution < 1.29 is 14.6 Å². The second-order valence-corrected chi connectivity index (χ2v) is 5.38. The highest BCUT2D eigenvalue weighted by Gasteiger charge is 2.37. The summed E-state index contributed by atoms with van der Waals surface area (Å²) in [4.78, 5) is 13.7. The topological polar surface area (TPSA) is 49.8 Å². The molecule has 1 aromatic rings. The van der Waals surface area contributed by atoms with Gasteiger partial charge in [-0.05, 0) is 37.8 Å². The molecule has 3 rings (SSSR count). The summed E-state index contributed by atoms with van der Waals surface area (Å²) in [7, 11) is 0. The maximum Gasteiger partial charge on any atom is 0.337 e. The van der Waals surface area contributed by atoms with Gasteiger partial charge in [-0.15, -0.1) is 0 Å². The molecule has 2 atom stereocenters. The molecule has 1 aliphatic carbocycles. The normalized spacial score (nSPS) is 26.3. The van der Waals surface area contributed by atoms with Crippen LogP contribution in [0.25, 0.3) is 0 Å². The van der Waals surface area contributed by atoms with Crippen LogP contribution in [0.15, 0.2) is 18.2 Å². The number of fused-ring (bicyclic) bond motifs is 1. The van der Waals surface area contributed by atoms with Gasteiger partial charge in [0, 0.05) is 6.54 Å². The van der Waals surface area contributed by atoms with Crippen molar-refractivity contribution in [2.75, 3.05) is 18.1 Å². The number of hydrogen-bond donors (Lipinski definition) is 1. The third-order valence-corrected chi connectivity index (χ3v) is 4.24.